The summed E-state index contributed by atoms with van der Waals surface area (Å²) < 4.78 is 3.15. The second kappa shape index (κ2) is 7.31. The number of hydrogen-bond acceptors (Lipinski definition) is 4. The number of amides is 1. The van der Waals surface area contributed by atoms with Crippen molar-refractivity contribution in [2.75, 3.05) is 24.5 Å². The number of rotatable bonds is 2. The summed E-state index contributed by atoms with van der Waals surface area (Å²) in [6, 6.07) is 12.2. The lowest BCUT2D eigenvalue weighted by molar-refractivity contribution is 0.0683. The highest BCUT2D eigenvalue weighted by Crippen LogP contribution is 2.30. The number of likely N-dealkylation sites (tertiary alicyclic amines) is 1. The molecule has 0 bridgehead atoms. The molecule has 0 spiro atoms. The van der Waals surface area contributed by atoms with Crippen molar-refractivity contribution in [3.05, 3.63) is 58.3 Å². The van der Waals surface area contributed by atoms with Gasteiger partial charge in [-0.1, -0.05) is 25.1 Å². The topological polar surface area (TPSA) is 63.4 Å². The number of piperidine rings is 1. The third-order valence-electron chi connectivity index (χ3n) is 6.40. The summed E-state index contributed by atoms with van der Waals surface area (Å²) in [5, 5.41) is 6.56. The van der Waals surface area contributed by atoms with Crippen molar-refractivity contribution < 1.29 is 4.79 Å². The van der Waals surface area contributed by atoms with Crippen molar-refractivity contribution in [3.63, 3.8) is 0 Å². The van der Waals surface area contributed by atoms with Crippen LogP contribution in [-0.4, -0.2) is 44.8 Å². The molecule has 3 aromatic rings. The van der Waals surface area contributed by atoms with Crippen LogP contribution in [0, 0.1) is 5.92 Å². The molecule has 0 N–H and O–H groups in total. The van der Waals surface area contributed by atoms with Crippen molar-refractivity contribution >= 4 is 22.4 Å². The van der Waals surface area contributed by atoms with E-state index < -0.39 is 0 Å². The highest BCUT2D eigenvalue weighted by Gasteiger charge is 2.24. The third-order valence-corrected chi connectivity index (χ3v) is 6.40. The Kier molecular flexibility index (Phi) is 4.60. The molecule has 0 saturated carbocycles. The molecule has 7 nitrogen and oxygen atoms in total. The van der Waals surface area contributed by atoms with Crippen molar-refractivity contribution in [1.82, 2.24) is 19.2 Å². The molecular weight excluding hydrogens is 378 g/mol. The largest absolute Gasteiger partial charge is 0.362 e. The number of fused-ring (bicyclic) bond motifs is 2. The van der Waals surface area contributed by atoms with Gasteiger partial charge in [0, 0.05) is 49.9 Å². The number of aryl methyl sites for hydroxylation is 1. The Morgan fingerprint density at radius 3 is 2.83 bits per heavy atom. The number of hydrogen-bond donors (Lipinski definition) is 0. The number of benzene rings is 2. The van der Waals surface area contributed by atoms with Crippen LogP contribution in [0.1, 0.15) is 35.9 Å². The monoisotopic (exact) mass is 405 g/mol. The fourth-order valence-corrected chi connectivity index (χ4v) is 4.80. The summed E-state index contributed by atoms with van der Waals surface area (Å²) >= 11 is 0. The van der Waals surface area contributed by atoms with E-state index in [0.29, 0.717) is 19.0 Å². The van der Waals surface area contributed by atoms with Gasteiger partial charge in [0.15, 0.2) is 5.82 Å². The lowest BCUT2D eigenvalue weighted by atomic mass is 9.98. The van der Waals surface area contributed by atoms with E-state index >= 15 is 0 Å². The zero-order valence-electron chi connectivity index (χ0n) is 17.5. The van der Waals surface area contributed by atoms with Crippen LogP contribution in [0.3, 0.4) is 0 Å². The molecule has 156 valence electrons. The standard InChI is InChI=1S/C23H27N5O2/c1-16-5-4-10-27(14-16)22(29)18-8-9-19-17(13-18)6-3-7-20(19)26-11-12-28-21(15-26)24-25(2)23(28)30/h3,6-9,13,16H,4-5,10-12,14-15H2,1-2H3/t16-/m1/s1. The maximum Gasteiger partial charge on any atom is 0.345 e. The van der Waals surface area contributed by atoms with Crippen LogP contribution in [0.5, 0.6) is 0 Å². The van der Waals surface area contributed by atoms with Gasteiger partial charge in [0.25, 0.3) is 5.91 Å². The van der Waals surface area contributed by atoms with E-state index in [1.807, 2.05) is 23.1 Å². The predicted octanol–water partition coefficient (Wildman–Crippen LogP) is 2.63. The summed E-state index contributed by atoms with van der Waals surface area (Å²) in [5.74, 6) is 1.49. The minimum absolute atomic E-state index is 0.0576. The quantitative estimate of drug-likeness (QED) is 0.658. The smallest absolute Gasteiger partial charge is 0.345 e. The van der Waals surface area contributed by atoms with E-state index in [0.717, 1.165) is 53.9 Å². The molecule has 2 aromatic carbocycles. The summed E-state index contributed by atoms with van der Waals surface area (Å²) in [4.78, 5) is 29.4. The van der Waals surface area contributed by atoms with Crippen LogP contribution in [-0.2, 0) is 20.1 Å². The molecule has 1 saturated heterocycles. The van der Waals surface area contributed by atoms with Gasteiger partial charge < -0.3 is 9.80 Å². The van der Waals surface area contributed by atoms with Gasteiger partial charge in [-0.15, -0.1) is 0 Å². The first-order valence-electron chi connectivity index (χ1n) is 10.7. The van der Waals surface area contributed by atoms with Crippen LogP contribution < -0.4 is 10.6 Å². The number of nitrogens with zero attached hydrogens (tertiary/aromatic N) is 5. The Balaban J connectivity index is 1.45. The number of carbonyl (C=O) groups is 1. The van der Waals surface area contributed by atoms with E-state index in [2.05, 4.69) is 35.1 Å². The highest BCUT2D eigenvalue weighted by atomic mass is 16.2. The predicted molar refractivity (Wildman–Crippen MR) is 117 cm³/mol. The van der Waals surface area contributed by atoms with Gasteiger partial charge in [0.2, 0.25) is 0 Å². The second-order valence-corrected chi connectivity index (χ2v) is 8.61. The Morgan fingerprint density at radius 1 is 1.13 bits per heavy atom. The van der Waals surface area contributed by atoms with Gasteiger partial charge in [-0.25, -0.2) is 9.48 Å². The summed E-state index contributed by atoms with van der Waals surface area (Å²) in [5.41, 5.74) is 1.81. The minimum atomic E-state index is -0.0576. The van der Waals surface area contributed by atoms with E-state index in [1.54, 1.807) is 11.6 Å². The molecule has 2 aliphatic heterocycles. The van der Waals surface area contributed by atoms with Gasteiger partial charge in [0.05, 0.1) is 6.54 Å². The normalized spacial score (nSPS) is 19.2. The van der Waals surface area contributed by atoms with Crippen molar-refractivity contribution in [2.45, 2.75) is 32.9 Å². The third kappa shape index (κ3) is 3.18. The first-order valence-corrected chi connectivity index (χ1v) is 10.7. The molecule has 7 heteroatoms. The molecule has 1 amide bonds. The van der Waals surface area contributed by atoms with Crippen LogP contribution >= 0.6 is 0 Å². The van der Waals surface area contributed by atoms with Crippen LogP contribution in [0.15, 0.2) is 41.2 Å². The molecule has 2 aliphatic rings. The Labute approximate surface area is 175 Å². The average Bonchev–Trinajstić information content (AvgIpc) is 3.05. The zero-order chi connectivity index (χ0) is 20.8. The van der Waals surface area contributed by atoms with Crippen molar-refractivity contribution in [3.8, 4) is 0 Å². The molecule has 1 atom stereocenters. The molecular formula is C23H27N5O2. The number of anilines is 1. The fourth-order valence-electron chi connectivity index (χ4n) is 4.80. The number of carbonyl (C=O) groups excluding carboxylic acids is 1. The highest BCUT2D eigenvalue weighted by molar-refractivity contribution is 6.01. The summed E-state index contributed by atoms with van der Waals surface area (Å²) in [6.07, 6.45) is 2.28. The summed E-state index contributed by atoms with van der Waals surface area (Å²) in [7, 11) is 1.69. The van der Waals surface area contributed by atoms with Gasteiger partial charge in [-0.2, -0.15) is 5.10 Å². The SMILES string of the molecule is C[C@@H]1CCCN(C(=O)c2ccc3c(N4CCn5c(nn(C)c5=O)C4)cccc3c2)C1. The Bertz CT molecular complexity index is 1180. The molecule has 3 heterocycles. The first kappa shape index (κ1) is 18.9. The maximum absolute atomic E-state index is 13.0. The van der Waals surface area contributed by atoms with E-state index in [1.165, 1.54) is 11.1 Å². The van der Waals surface area contributed by atoms with Gasteiger partial charge >= 0.3 is 5.69 Å². The summed E-state index contributed by atoms with van der Waals surface area (Å²) in [6.45, 7) is 5.89. The van der Waals surface area contributed by atoms with Crippen molar-refractivity contribution in [2.24, 2.45) is 13.0 Å². The van der Waals surface area contributed by atoms with Gasteiger partial charge in [-0.05, 0) is 42.3 Å². The number of aromatic nitrogens is 3. The van der Waals surface area contributed by atoms with Gasteiger partial charge in [-0.3, -0.25) is 9.36 Å². The van der Waals surface area contributed by atoms with Crippen molar-refractivity contribution in [1.29, 1.82) is 0 Å². The Morgan fingerprint density at radius 2 is 2.00 bits per heavy atom. The lowest BCUT2D eigenvalue weighted by Crippen LogP contribution is -2.39. The molecule has 30 heavy (non-hydrogen) atoms. The van der Waals surface area contributed by atoms with Gasteiger partial charge in [0.1, 0.15) is 0 Å². The Hall–Kier alpha value is -3.09. The molecule has 1 aromatic heterocycles. The lowest BCUT2D eigenvalue weighted by Gasteiger charge is -2.31. The molecule has 0 radical (unpaired) electrons. The van der Waals surface area contributed by atoms with Crippen LogP contribution in [0.25, 0.3) is 10.8 Å². The average molecular weight is 406 g/mol. The van der Waals surface area contributed by atoms with E-state index in [9.17, 15) is 9.59 Å². The second-order valence-electron chi connectivity index (χ2n) is 8.61. The van der Waals surface area contributed by atoms with E-state index in [4.69, 9.17) is 0 Å². The molecule has 5 rings (SSSR count). The van der Waals surface area contributed by atoms with E-state index in [-0.39, 0.29) is 11.6 Å². The maximum atomic E-state index is 13.0. The van der Waals surface area contributed by atoms with Crippen LogP contribution in [0.4, 0.5) is 5.69 Å². The fraction of sp³-hybridized carbons (Fsp3) is 0.435. The molecule has 0 aliphatic carbocycles. The van der Waals surface area contributed by atoms with Crippen LogP contribution in [0.2, 0.25) is 0 Å². The molecule has 1 fully saturated rings. The zero-order valence-corrected chi connectivity index (χ0v) is 17.5. The first-order chi connectivity index (χ1) is 14.5. The minimum Gasteiger partial charge on any atom is -0.362 e. The molecule has 0 unspecified atom stereocenters.